The van der Waals surface area contributed by atoms with Gasteiger partial charge in [-0.15, -0.1) is 0 Å². The summed E-state index contributed by atoms with van der Waals surface area (Å²) in [5.41, 5.74) is 1.26. The molecule has 0 aromatic heterocycles. The lowest BCUT2D eigenvalue weighted by Crippen LogP contribution is -2.53. The third-order valence-corrected chi connectivity index (χ3v) is 5.86. The van der Waals surface area contributed by atoms with Gasteiger partial charge in [-0.25, -0.2) is 0 Å². The van der Waals surface area contributed by atoms with Gasteiger partial charge in [0.1, 0.15) is 0 Å². The van der Waals surface area contributed by atoms with E-state index in [1.165, 1.54) is 48.0 Å². The number of anilines is 1. The first-order valence-corrected chi connectivity index (χ1v) is 9.00. The second-order valence-electron chi connectivity index (χ2n) is 6.33. The van der Waals surface area contributed by atoms with Crippen LogP contribution in [0, 0.1) is 5.92 Å². The van der Waals surface area contributed by atoms with Crippen LogP contribution in [0.3, 0.4) is 0 Å². The summed E-state index contributed by atoms with van der Waals surface area (Å²) in [7, 11) is 0. The minimum absolute atomic E-state index is 0.634. The zero-order valence-corrected chi connectivity index (χ0v) is 13.6. The predicted molar refractivity (Wildman–Crippen MR) is 93.6 cm³/mol. The molecule has 2 aromatic carbocycles. The molecular formula is C19H22N2S. The Kier molecular flexibility index (Phi) is 4.09. The van der Waals surface area contributed by atoms with Crippen molar-refractivity contribution in [1.29, 1.82) is 0 Å². The summed E-state index contributed by atoms with van der Waals surface area (Å²) < 4.78 is 0. The van der Waals surface area contributed by atoms with Gasteiger partial charge in [-0.3, -0.25) is 0 Å². The number of benzene rings is 2. The lowest BCUT2D eigenvalue weighted by atomic mass is 9.84. The second kappa shape index (κ2) is 6.35. The number of nitrogens with one attached hydrogen (secondary N) is 1. The Balaban J connectivity index is 1.39. The molecule has 0 spiro atoms. The molecule has 3 saturated heterocycles. The van der Waals surface area contributed by atoms with E-state index < -0.39 is 0 Å². The topological polar surface area (TPSA) is 15.3 Å². The van der Waals surface area contributed by atoms with Crippen LogP contribution in [0.25, 0.3) is 0 Å². The lowest BCUT2D eigenvalue weighted by Gasteiger charge is -2.45. The molecule has 2 bridgehead atoms. The van der Waals surface area contributed by atoms with Gasteiger partial charge in [0, 0.05) is 28.1 Å². The number of hydrogen-bond donors (Lipinski definition) is 1. The molecule has 0 aliphatic carbocycles. The highest BCUT2D eigenvalue weighted by Crippen LogP contribution is 2.31. The summed E-state index contributed by atoms with van der Waals surface area (Å²) >= 11 is 1.82. The van der Waals surface area contributed by atoms with Crippen molar-refractivity contribution in [2.24, 2.45) is 5.92 Å². The molecule has 3 heterocycles. The Morgan fingerprint density at radius 2 is 1.55 bits per heavy atom. The fourth-order valence-corrected chi connectivity index (χ4v) is 4.42. The molecule has 1 unspecified atom stereocenters. The van der Waals surface area contributed by atoms with E-state index in [0.29, 0.717) is 6.04 Å². The van der Waals surface area contributed by atoms with Crippen molar-refractivity contribution in [3.8, 4) is 0 Å². The van der Waals surface area contributed by atoms with Crippen LogP contribution >= 0.6 is 11.8 Å². The van der Waals surface area contributed by atoms with Crippen LogP contribution in [-0.2, 0) is 0 Å². The van der Waals surface area contributed by atoms with Crippen molar-refractivity contribution in [2.75, 3.05) is 25.0 Å². The summed E-state index contributed by atoms with van der Waals surface area (Å²) in [4.78, 5) is 5.18. The molecule has 3 aliphatic heterocycles. The minimum Gasteiger partial charge on any atom is -0.381 e. The predicted octanol–water partition coefficient (Wildman–Crippen LogP) is 4.34. The standard InChI is InChI=1S/C19H22N2S/c1-2-4-17(5-3-1)22-18-8-6-16(7-9-18)20-19-14-21-12-10-15(19)11-13-21/h1-9,15,19-20H,10-14H2. The summed E-state index contributed by atoms with van der Waals surface area (Å²) in [6.45, 7) is 3.82. The zero-order chi connectivity index (χ0) is 14.8. The quantitative estimate of drug-likeness (QED) is 0.904. The second-order valence-corrected chi connectivity index (χ2v) is 7.48. The van der Waals surface area contributed by atoms with E-state index in [1.807, 2.05) is 11.8 Å². The lowest BCUT2D eigenvalue weighted by molar-refractivity contribution is 0.0975. The number of fused-ring (bicyclic) bond motifs is 3. The molecule has 0 radical (unpaired) electrons. The van der Waals surface area contributed by atoms with Gasteiger partial charge >= 0.3 is 0 Å². The molecule has 1 atom stereocenters. The van der Waals surface area contributed by atoms with Gasteiger partial charge < -0.3 is 10.2 Å². The van der Waals surface area contributed by atoms with E-state index in [1.54, 1.807) is 0 Å². The van der Waals surface area contributed by atoms with Gasteiger partial charge in [-0.1, -0.05) is 30.0 Å². The van der Waals surface area contributed by atoms with Crippen LogP contribution in [-0.4, -0.2) is 30.6 Å². The molecule has 3 fully saturated rings. The van der Waals surface area contributed by atoms with Crippen LogP contribution in [0.2, 0.25) is 0 Å². The molecule has 2 nitrogen and oxygen atoms in total. The van der Waals surface area contributed by atoms with E-state index in [-0.39, 0.29) is 0 Å². The number of hydrogen-bond acceptors (Lipinski definition) is 3. The Labute approximate surface area is 136 Å². The third kappa shape index (κ3) is 3.16. The van der Waals surface area contributed by atoms with E-state index in [9.17, 15) is 0 Å². The maximum Gasteiger partial charge on any atom is 0.0417 e. The van der Waals surface area contributed by atoms with Gasteiger partial charge in [0.05, 0.1) is 0 Å². The maximum atomic E-state index is 3.75. The molecule has 22 heavy (non-hydrogen) atoms. The first-order valence-electron chi connectivity index (χ1n) is 8.19. The highest BCUT2D eigenvalue weighted by atomic mass is 32.2. The van der Waals surface area contributed by atoms with Crippen LogP contribution in [0.4, 0.5) is 5.69 Å². The van der Waals surface area contributed by atoms with Crippen molar-refractivity contribution in [3.05, 3.63) is 54.6 Å². The Bertz CT molecular complexity index is 603. The fourth-order valence-electron chi connectivity index (χ4n) is 3.59. The Morgan fingerprint density at radius 3 is 2.18 bits per heavy atom. The highest BCUT2D eigenvalue weighted by Gasteiger charge is 2.33. The van der Waals surface area contributed by atoms with Crippen molar-refractivity contribution in [1.82, 2.24) is 4.90 Å². The number of piperidine rings is 3. The smallest absolute Gasteiger partial charge is 0.0417 e. The van der Waals surface area contributed by atoms with Crippen molar-refractivity contribution in [3.63, 3.8) is 0 Å². The van der Waals surface area contributed by atoms with Gasteiger partial charge in [0.25, 0.3) is 0 Å². The average molecular weight is 310 g/mol. The van der Waals surface area contributed by atoms with Crippen molar-refractivity contribution >= 4 is 17.4 Å². The molecular weight excluding hydrogens is 288 g/mol. The normalized spacial score (nSPS) is 26.8. The summed E-state index contributed by atoms with van der Waals surface area (Å²) in [5.74, 6) is 0.864. The third-order valence-electron chi connectivity index (χ3n) is 4.84. The summed E-state index contributed by atoms with van der Waals surface area (Å²) in [6.07, 6.45) is 2.72. The van der Waals surface area contributed by atoms with Crippen molar-refractivity contribution < 1.29 is 0 Å². The van der Waals surface area contributed by atoms with E-state index in [4.69, 9.17) is 0 Å². The molecule has 3 aliphatic rings. The average Bonchev–Trinajstić information content (AvgIpc) is 2.59. The largest absolute Gasteiger partial charge is 0.381 e. The SMILES string of the molecule is c1ccc(Sc2ccc(NC3CN4CCC3CC4)cc2)cc1. The van der Waals surface area contributed by atoms with E-state index in [2.05, 4.69) is 64.8 Å². The van der Waals surface area contributed by atoms with Gasteiger partial charge in [0.2, 0.25) is 0 Å². The zero-order valence-electron chi connectivity index (χ0n) is 12.7. The van der Waals surface area contributed by atoms with Crippen LogP contribution in [0.5, 0.6) is 0 Å². The highest BCUT2D eigenvalue weighted by molar-refractivity contribution is 7.99. The number of rotatable bonds is 4. The Morgan fingerprint density at radius 1 is 0.864 bits per heavy atom. The van der Waals surface area contributed by atoms with E-state index in [0.717, 1.165) is 5.92 Å². The summed E-state index contributed by atoms with van der Waals surface area (Å²) in [6, 6.07) is 20.1. The van der Waals surface area contributed by atoms with Crippen LogP contribution in [0.1, 0.15) is 12.8 Å². The monoisotopic (exact) mass is 310 g/mol. The molecule has 0 saturated carbocycles. The molecule has 0 amide bonds. The van der Waals surface area contributed by atoms with Crippen LogP contribution < -0.4 is 5.32 Å². The first kappa shape index (κ1) is 14.2. The molecule has 5 rings (SSSR count). The molecule has 1 N–H and O–H groups in total. The molecule has 3 heteroatoms. The van der Waals surface area contributed by atoms with Gasteiger partial charge in [-0.2, -0.15) is 0 Å². The van der Waals surface area contributed by atoms with Crippen molar-refractivity contribution in [2.45, 2.75) is 28.7 Å². The Hall–Kier alpha value is -1.45. The minimum atomic E-state index is 0.634. The summed E-state index contributed by atoms with van der Waals surface area (Å²) in [5, 5.41) is 3.75. The first-order chi connectivity index (χ1) is 10.9. The van der Waals surface area contributed by atoms with E-state index >= 15 is 0 Å². The molecule has 2 aromatic rings. The van der Waals surface area contributed by atoms with Gasteiger partial charge in [0.15, 0.2) is 0 Å². The molecule has 114 valence electrons. The van der Waals surface area contributed by atoms with Crippen LogP contribution in [0.15, 0.2) is 64.4 Å². The van der Waals surface area contributed by atoms with Gasteiger partial charge in [-0.05, 0) is 68.2 Å². The fraction of sp³-hybridized carbons (Fsp3) is 0.368. The maximum absolute atomic E-state index is 3.75. The number of nitrogens with zero attached hydrogens (tertiary/aromatic N) is 1.